The van der Waals surface area contributed by atoms with Crippen molar-refractivity contribution in [1.29, 1.82) is 0 Å². The second-order valence-electron chi connectivity index (χ2n) is 7.37. The van der Waals surface area contributed by atoms with Gasteiger partial charge in [-0.3, -0.25) is 13.7 Å². The van der Waals surface area contributed by atoms with Crippen molar-refractivity contribution in [1.82, 2.24) is 14.8 Å². The maximum Gasteiger partial charge on any atom is 0.267 e. The second-order valence-corrected chi connectivity index (χ2v) is 9.57. The molecule has 2 heterocycles. The lowest BCUT2D eigenvalue weighted by Gasteiger charge is -2.14. The SMILES string of the molecule is CCCS(=O)(=O)OC[C@@H]1N=C(c2ccc(Cl)cc2)c2cc(OC)ccc2-n2c(C)nnc21. The number of fused-ring (bicyclic) bond motifs is 3. The summed E-state index contributed by atoms with van der Waals surface area (Å²) in [6.07, 6.45) is 0.465. The Balaban J connectivity index is 1.90. The van der Waals surface area contributed by atoms with Crippen molar-refractivity contribution >= 4 is 27.4 Å². The van der Waals surface area contributed by atoms with Gasteiger partial charge in [0.15, 0.2) is 5.82 Å². The average molecular weight is 475 g/mol. The van der Waals surface area contributed by atoms with Crippen molar-refractivity contribution in [2.24, 2.45) is 4.99 Å². The van der Waals surface area contributed by atoms with Crippen molar-refractivity contribution in [3.05, 3.63) is 70.3 Å². The third-order valence-electron chi connectivity index (χ3n) is 5.11. The monoisotopic (exact) mass is 474 g/mol. The van der Waals surface area contributed by atoms with Crippen LogP contribution in [0.2, 0.25) is 5.02 Å². The molecule has 8 nitrogen and oxygen atoms in total. The first-order chi connectivity index (χ1) is 15.3. The molecule has 1 aliphatic rings. The first kappa shape index (κ1) is 22.4. The molecular formula is C22H23ClN4O4S. The number of halogens is 1. The second kappa shape index (κ2) is 9.01. The molecule has 0 amide bonds. The van der Waals surface area contributed by atoms with Gasteiger partial charge in [-0.15, -0.1) is 10.2 Å². The van der Waals surface area contributed by atoms with Crippen LogP contribution in [-0.2, 0) is 14.3 Å². The van der Waals surface area contributed by atoms with Crippen molar-refractivity contribution < 1.29 is 17.3 Å². The van der Waals surface area contributed by atoms with E-state index in [0.29, 0.717) is 34.6 Å². The number of hydrogen-bond donors (Lipinski definition) is 0. The van der Waals surface area contributed by atoms with E-state index < -0.39 is 16.2 Å². The van der Waals surface area contributed by atoms with Crippen LogP contribution in [0.25, 0.3) is 5.69 Å². The molecule has 0 fully saturated rings. The summed E-state index contributed by atoms with van der Waals surface area (Å²) in [5.74, 6) is 1.76. The molecule has 0 saturated carbocycles. The van der Waals surface area contributed by atoms with E-state index in [2.05, 4.69) is 10.2 Å². The van der Waals surface area contributed by atoms with Crippen LogP contribution in [0.5, 0.6) is 5.75 Å². The van der Waals surface area contributed by atoms with Gasteiger partial charge in [0, 0.05) is 16.1 Å². The molecule has 0 spiro atoms. The Labute approximate surface area is 192 Å². The zero-order valence-electron chi connectivity index (χ0n) is 17.9. The zero-order chi connectivity index (χ0) is 22.9. The maximum absolute atomic E-state index is 12.2. The number of methoxy groups -OCH3 is 1. The minimum atomic E-state index is -3.67. The third-order valence-corrected chi connectivity index (χ3v) is 6.77. The van der Waals surface area contributed by atoms with Crippen LogP contribution in [0.15, 0.2) is 47.5 Å². The van der Waals surface area contributed by atoms with Gasteiger partial charge < -0.3 is 4.74 Å². The van der Waals surface area contributed by atoms with Gasteiger partial charge in [0.05, 0.1) is 30.9 Å². The van der Waals surface area contributed by atoms with Gasteiger partial charge in [-0.05, 0) is 43.7 Å². The molecule has 4 rings (SSSR count). The normalized spacial score (nSPS) is 15.5. The minimum absolute atomic E-state index is 0.0589. The summed E-state index contributed by atoms with van der Waals surface area (Å²) in [6, 6.07) is 12.3. The Hall–Kier alpha value is -2.75. The van der Waals surface area contributed by atoms with E-state index in [4.69, 9.17) is 25.5 Å². The Morgan fingerprint density at radius 1 is 1.12 bits per heavy atom. The van der Waals surface area contributed by atoms with E-state index in [-0.39, 0.29) is 12.4 Å². The van der Waals surface area contributed by atoms with Crippen molar-refractivity contribution in [3.63, 3.8) is 0 Å². The summed E-state index contributed by atoms with van der Waals surface area (Å²) in [6.45, 7) is 3.44. The van der Waals surface area contributed by atoms with Gasteiger partial charge in [-0.2, -0.15) is 8.42 Å². The zero-order valence-corrected chi connectivity index (χ0v) is 19.5. The lowest BCUT2D eigenvalue weighted by Crippen LogP contribution is -2.17. The summed E-state index contributed by atoms with van der Waals surface area (Å²) < 4.78 is 37.1. The van der Waals surface area contributed by atoms with Gasteiger partial charge in [0.2, 0.25) is 0 Å². The largest absolute Gasteiger partial charge is 0.497 e. The molecule has 10 heteroatoms. The fraction of sp³-hybridized carbons (Fsp3) is 0.318. The number of benzene rings is 2. The molecule has 0 aliphatic carbocycles. The molecule has 0 bridgehead atoms. The first-order valence-corrected chi connectivity index (χ1v) is 12.1. The molecule has 1 aromatic heterocycles. The molecule has 2 aromatic carbocycles. The molecule has 32 heavy (non-hydrogen) atoms. The van der Waals surface area contributed by atoms with E-state index in [1.807, 2.05) is 41.8 Å². The summed E-state index contributed by atoms with van der Waals surface area (Å²) in [5, 5.41) is 9.12. The van der Waals surface area contributed by atoms with E-state index in [1.54, 1.807) is 26.2 Å². The lowest BCUT2D eigenvalue weighted by atomic mass is 10.00. The molecule has 168 valence electrons. The number of rotatable bonds is 7. The minimum Gasteiger partial charge on any atom is -0.497 e. The molecule has 1 aliphatic heterocycles. The predicted octanol–water partition coefficient (Wildman–Crippen LogP) is 3.89. The Morgan fingerprint density at radius 2 is 1.88 bits per heavy atom. The highest BCUT2D eigenvalue weighted by Gasteiger charge is 2.30. The van der Waals surface area contributed by atoms with Gasteiger partial charge in [-0.1, -0.05) is 30.7 Å². The van der Waals surface area contributed by atoms with Crippen LogP contribution in [0.3, 0.4) is 0 Å². The predicted molar refractivity (Wildman–Crippen MR) is 123 cm³/mol. The van der Waals surface area contributed by atoms with Crippen molar-refractivity contribution in [3.8, 4) is 11.4 Å². The summed E-state index contributed by atoms with van der Waals surface area (Å²) in [5.41, 5.74) is 3.09. The van der Waals surface area contributed by atoms with Gasteiger partial charge in [-0.25, -0.2) is 0 Å². The fourth-order valence-electron chi connectivity index (χ4n) is 3.63. The number of aromatic nitrogens is 3. The Morgan fingerprint density at radius 3 is 2.56 bits per heavy atom. The first-order valence-electron chi connectivity index (χ1n) is 10.1. The average Bonchev–Trinajstić information content (AvgIpc) is 3.08. The highest BCUT2D eigenvalue weighted by atomic mass is 35.5. The Bertz CT molecular complexity index is 1270. The highest BCUT2D eigenvalue weighted by Crippen LogP contribution is 2.33. The molecule has 0 N–H and O–H groups in total. The molecule has 0 radical (unpaired) electrons. The molecule has 0 saturated heterocycles. The number of aryl methyl sites for hydroxylation is 1. The molecule has 0 unspecified atom stereocenters. The molecule has 1 atom stereocenters. The van der Waals surface area contributed by atoms with Gasteiger partial charge in [0.1, 0.15) is 17.6 Å². The number of aliphatic imine (C=N–C) groups is 1. The van der Waals surface area contributed by atoms with E-state index in [9.17, 15) is 8.42 Å². The topological polar surface area (TPSA) is 95.7 Å². The van der Waals surface area contributed by atoms with Crippen LogP contribution < -0.4 is 4.74 Å². The summed E-state index contributed by atoms with van der Waals surface area (Å²) >= 11 is 6.10. The van der Waals surface area contributed by atoms with Gasteiger partial charge in [0.25, 0.3) is 10.1 Å². The number of ether oxygens (including phenoxy) is 1. The van der Waals surface area contributed by atoms with Crippen LogP contribution in [0.1, 0.15) is 42.2 Å². The van der Waals surface area contributed by atoms with Gasteiger partial charge >= 0.3 is 0 Å². The van der Waals surface area contributed by atoms with E-state index >= 15 is 0 Å². The van der Waals surface area contributed by atoms with Crippen LogP contribution in [0, 0.1) is 6.92 Å². The van der Waals surface area contributed by atoms with Crippen LogP contribution in [-0.4, -0.2) is 48.4 Å². The van der Waals surface area contributed by atoms with Crippen LogP contribution in [0.4, 0.5) is 0 Å². The summed E-state index contributed by atoms with van der Waals surface area (Å²) in [7, 11) is -2.07. The Kier molecular flexibility index (Phi) is 6.32. The summed E-state index contributed by atoms with van der Waals surface area (Å²) in [4.78, 5) is 4.92. The smallest absolute Gasteiger partial charge is 0.267 e. The van der Waals surface area contributed by atoms with Crippen molar-refractivity contribution in [2.45, 2.75) is 26.3 Å². The van der Waals surface area contributed by atoms with E-state index in [0.717, 1.165) is 16.8 Å². The van der Waals surface area contributed by atoms with Crippen molar-refractivity contribution in [2.75, 3.05) is 19.5 Å². The van der Waals surface area contributed by atoms with Crippen LogP contribution >= 0.6 is 11.6 Å². The molecule has 3 aromatic rings. The quantitative estimate of drug-likeness (QED) is 0.482. The third kappa shape index (κ3) is 4.41. The highest BCUT2D eigenvalue weighted by molar-refractivity contribution is 7.86. The lowest BCUT2D eigenvalue weighted by molar-refractivity contribution is 0.289. The van der Waals surface area contributed by atoms with E-state index in [1.165, 1.54) is 0 Å². The number of hydrogen-bond acceptors (Lipinski definition) is 7. The maximum atomic E-state index is 12.2. The number of nitrogens with zero attached hydrogens (tertiary/aromatic N) is 4. The molecular weight excluding hydrogens is 452 g/mol. The standard InChI is InChI=1S/C22H23ClN4O4S/c1-4-11-32(28,29)31-13-19-22-26-25-14(2)27(22)20-10-9-17(30-3)12-18(20)21(24-19)15-5-7-16(23)8-6-15/h5-10,12,19H,4,11,13H2,1-3H3/t19-/m0/s1. The fourth-order valence-corrected chi connectivity index (χ4v) is 4.71.